The first-order valence-electron chi connectivity index (χ1n) is 13.5. The third kappa shape index (κ3) is 14.6. The molecule has 0 radical (unpaired) electrons. The van der Waals surface area contributed by atoms with Crippen LogP contribution in [-0.2, 0) is 19.1 Å². The molecule has 2 unspecified atom stereocenters. The van der Waals surface area contributed by atoms with E-state index in [0.717, 1.165) is 44.9 Å². The Kier molecular flexibility index (Phi) is 17.7. The summed E-state index contributed by atoms with van der Waals surface area (Å²) in [6.45, 7) is 5.50. The van der Waals surface area contributed by atoms with Gasteiger partial charge in [0.2, 0.25) is 0 Å². The van der Waals surface area contributed by atoms with E-state index in [4.69, 9.17) is 9.47 Å². The smallest absolute Gasteiger partial charge is 0.308 e. The zero-order chi connectivity index (χ0) is 22.6. The molecular formula is C27H50O4. The molecule has 4 heteroatoms. The molecule has 0 N–H and O–H groups in total. The van der Waals surface area contributed by atoms with Gasteiger partial charge in [-0.25, -0.2) is 0 Å². The second kappa shape index (κ2) is 19.6. The first kappa shape index (κ1) is 28.0. The van der Waals surface area contributed by atoms with Crippen LogP contribution < -0.4 is 0 Å². The van der Waals surface area contributed by atoms with Crippen LogP contribution in [0, 0.1) is 11.8 Å². The van der Waals surface area contributed by atoms with Crippen LogP contribution in [0.5, 0.6) is 0 Å². The van der Waals surface area contributed by atoms with Gasteiger partial charge in [-0.15, -0.1) is 0 Å². The Morgan fingerprint density at radius 2 is 0.935 bits per heavy atom. The van der Waals surface area contributed by atoms with E-state index in [1.165, 1.54) is 70.6 Å². The van der Waals surface area contributed by atoms with E-state index in [2.05, 4.69) is 13.8 Å². The maximum atomic E-state index is 12.4. The van der Waals surface area contributed by atoms with Gasteiger partial charge in [0, 0.05) is 0 Å². The minimum Gasteiger partial charge on any atom is -0.465 e. The Morgan fingerprint density at radius 1 is 0.581 bits per heavy atom. The van der Waals surface area contributed by atoms with Gasteiger partial charge in [-0.1, -0.05) is 104 Å². The quantitative estimate of drug-likeness (QED) is 0.153. The summed E-state index contributed by atoms with van der Waals surface area (Å²) in [7, 11) is 0. The van der Waals surface area contributed by atoms with E-state index < -0.39 is 0 Å². The molecule has 1 aliphatic rings. The molecule has 0 heterocycles. The largest absolute Gasteiger partial charge is 0.465 e. The fourth-order valence-corrected chi connectivity index (χ4v) is 4.49. The molecule has 4 nitrogen and oxygen atoms in total. The molecule has 1 fully saturated rings. The van der Waals surface area contributed by atoms with E-state index >= 15 is 0 Å². The van der Waals surface area contributed by atoms with Crippen molar-refractivity contribution in [2.45, 2.75) is 136 Å². The third-order valence-corrected chi connectivity index (χ3v) is 6.58. The minimum atomic E-state index is -0.126. The van der Waals surface area contributed by atoms with Crippen LogP contribution in [0.25, 0.3) is 0 Å². The maximum absolute atomic E-state index is 12.4. The summed E-state index contributed by atoms with van der Waals surface area (Å²) >= 11 is 0. The van der Waals surface area contributed by atoms with Gasteiger partial charge < -0.3 is 9.47 Å². The Bertz CT molecular complexity index is 449. The lowest BCUT2D eigenvalue weighted by molar-refractivity contribution is -0.155. The van der Waals surface area contributed by atoms with Crippen LogP contribution in [0.1, 0.15) is 136 Å². The lowest BCUT2D eigenvalue weighted by Gasteiger charge is -2.26. The Labute approximate surface area is 192 Å². The van der Waals surface area contributed by atoms with E-state index in [1.807, 2.05) is 0 Å². The van der Waals surface area contributed by atoms with Crippen molar-refractivity contribution < 1.29 is 19.1 Å². The van der Waals surface area contributed by atoms with Crippen LogP contribution in [0.4, 0.5) is 0 Å². The van der Waals surface area contributed by atoms with Crippen LogP contribution in [0.2, 0.25) is 0 Å². The lowest BCUT2D eigenvalue weighted by atomic mass is 9.81. The molecule has 1 aliphatic carbocycles. The third-order valence-electron chi connectivity index (χ3n) is 6.58. The number of hydrogen-bond acceptors (Lipinski definition) is 4. The maximum Gasteiger partial charge on any atom is 0.308 e. The predicted molar refractivity (Wildman–Crippen MR) is 128 cm³/mol. The highest BCUT2D eigenvalue weighted by atomic mass is 16.5. The average molecular weight is 439 g/mol. The number of esters is 2. The number of unbranched alkanes of at least 4 members (excludes halogenated alkanes) is 13. The van der Waals surface area contributed by atoms with Gasteiger partial charge in [-0.2, -0.15) is 0 Å². The number of hydrogen-bond donors (Lipinski definition) is 0. The highest BCUT2D eigenvalue weighted by Crippen LogP contribution is 2.31. The van der Waals surface area contributed by atoms with Crippen molar-refractivity contribution in [2.75, 3.05) is 13.2 Å². The summed E-state index contributed by atoms with van der Waals surface area (Å²) in [6, 6.07) is 0. The van der Waals surface area contributed by atoms with Crippen molar-refractivity contribution >= 4 is 11.9 Å². The van der Waals surface area contributed by atoms with Crippen LogP contribution in [0.3, 0.4) is 0 Å². The predicted octanol–water partition coefficient (Wildman–Crippen LogP) is 7.77. The molecule has 0 spiro atoms. The molecule has 182 valence electrons. The van der Waals surface area contributed by atoms with Crippen LogP contribution >= 0.6 is 0 Å². The van der Waals surface area contributed by atoms with E-state index in [-0.39, 0.29) is 23.8 Å². The van der Waals surface area contributed by atoms with Gasteiger partial charge in [0.25, 0.3) is 0 Å². The Morgan fingerprint density at radius 3 is 1.32 bits per heavy atom. The summed E-state index contributed by atoms with van der Waals surface area (Å²) < 4.78 is 11.0. The molecule has 0 saturated heterocycles. The number of carbonyl (C=O) groups is 2. The van der Waals surface area contributed by atoms with Crippen molar-refractivity contribution in [3.63, 3.8) is 0 Å². The number of ether oxygens (including phenoxy) is 2. The van der Waals surface area contributed by atoms with Crippen LogP contribution in [0.15, 0.2) is 0 Å². The van der Waals surface area contributed by atoms with Crippen molar-refractivity contribution in [1.29, 1.82) is 0 Å². The SMILES string of the molecule is CCCCCCCCCCCCOC(=O)C1CCCC(C(=O)OCCCCCCC)C1. The fourth-order valence-electron chi connectivity index (χ4n) is 4.49. The standard InChI is InChI=1S/C27H50O4/c1-3-5-7-9-10-11-12-13-15-17-22-31-27(29)25-20-18-19-24(23-25)26(28)30-21-16-14-8-6-4-2/h24-25H,3-23H2,1-2H3. The zero-order valence-electron chi connectivity index (χ0n) is 20.6. The Balaban J connectivity index is 2.05. The molecule has 1 saturated carbocycles. The Hall–Kier alpha value is -1.06. The van der Waals surface area contributed by atoms with Gasteiger partial charge in [-0.3, -0.25) is 9.59 Å². The van der Waals surface area contributed by atoms with E-state index in [9.17, 15) is 9.59 Å². The zero-order valence-corrected chi connectivity index (χ0v) is 20.6. The highest BCUT2D eigenvalue weighted by Gasteiger charge is 2.32. The van der Waals surface area contributed by atoms with Crippen LogP contribution in [-0.4, -0.2) is 25.2 Å². The minimum absolute atomic E-state index is 0.104. The topological polar surface area (TPSA) is 52.6 Å². The molecule has 31 heavy (non-hydrogen) atoms. The first-order chi connectivity index (χ1) is 15.2. The second-order valence-corrected chi connectivity index (χ2v) is 9.49. The first-order valence-corrected chi connectivity index (χ1v) is 13.5. The van der Waals surface area contributed by atoms with Crippen molar-refractivity contribution in [3.05, 3.63) is 0 Å². The summed E-state index contributed by atoms with van der Waals surface area (Å²) in [5, 5.41) is 0. The summed E-state index contributed by atoms with van der Waals surface area (Å²) in [5.74, 6) is -0.464. The van der Waals surface area contributed by atoms with Gasteiger partial charge in [0.1, 0.15) is 0 Å². The number of carbonyl (C=O) groups excluding carboxylic acids is 2. The fraction of sp³-hybridized carbons (Fsp3) is 0.926. The van der Waals surface area contributed by atoms with Gasteiger partial charge in [0.05, 0.1) is 25.0 Å². The molecular weight excluding hydrogens is 388 g/mol. The highest BCUT2D eigenvalue weighted by molar-refractivity contribution is 5.76. The molecule has 0 aromatic rings. The van der Waals surface area contributed by atoms with Crippen molar-refractivity contribution in [1.82, 2.24) is 0 Å². The van der Waals surface area contributed by atoms with Gasteiger partial charge in [0.15, 0.2) is 0 Å². The summed E-state index contributed by atoms with van der Waals surface area (Å²) in [6.07, 6.45) is 21.7. The number of rotatable bonds is 19. The average Bonchev–Trinajstić information content (AvgIpc) is 2.79. The van der Waals surface area contributed by atoms with E-state index in [0.29, 0.717) is 19.6 Å². The molecule has 0 bridgehead atoms. The molecule has 2 atom stereocenters. The summed E-state index contributed by atoms with van der Waals surface area (Å²) in [5.41, 5.74) is 0. The van der Waals surface area contributed by atoms with Crippen molar-refractivity contribution in [3.8, 4) is 0 Å². The van der Waals surface area contributed by atoms with Gasteiger partial charge >= 0.3 is 11.9 Å². The van der Waals surface area contributed by atoms with E-state index in [1.54, 1.807) is 0 Å². The normalized spacial score (nSPS) is 18.6. The summed E-state index contributed by atoms with van der Waals surface area (Å²) in [4.78, 5) is 24.8. The van der Waals surface area contributed by atoms with Gasteiger partial charge in [-0.05, 0) is 32.1 Å². The molecule has 0 aromatic heterocycles. The molecule has 1 rings (SSSR count). The molecule has 0 amide bonds. The van der Waals surface area contributed by atoms with Crippen molar-refractivity contribution in [2.24, 2.45) is 11.8 Å². The second-order valence-electron chi connectivity index (χ2n) is 9.49. The molecule has 0 aromatic carbocycles. The molecule has 0 aliphatic heterocycles. The lowest BCUT2D eigenvalue weighted by Crippen LogP contribution is -2.30. The monoisotopic (exact) mass is 438 g/mol.